The quantitative estimate of drug-likeness (QED) is 0.386. The molecule has 1 fully saturated rings. The van der Waals surface area contributed by atoms with Gasteiger partial charge in [-0.05, 0) is 25.8 Å². The van der Waals surface area contributed by atoms with Crippen molar-refractivity contribution in [3.63, 3.8) is 0 Å². The first-order valence-electron chi connectivity index (χ1n) is 9.03. The Hall–Kier alpha value is -2.00. The van der Waals surface area contributed by atoms with Crippen LogP contribution in [-0.4, -0.2) is 51.3 Å². The number of rotatable bonds is 9. The predicted molar refractivity (Wildman–Crippen MR) is 95.7 cm³/mol. The van der Waals surface area contributed by atoms with E-state index in [0.29, 0.717) is 37.8 Å². The van der Waals surface area contributed by atoms with E-state index in [0.717, 1.165) is 19.4 Å². The molecule has 2 rings (SSSR count). The highest BCUT2D eigenvalue weighted by atomic mass is 19.4. The smallest absolute Gasteiger partial charge is 0.405 e. The molecule has 0 aliphatic carbocycles. The van der Waals surface area contributed by atoms with Crippen molar-refractivity contribution < 1.29 is 27.4 Å². The van der Waals surface area contributed by atoms with E-state index < -0.39 is 6.36 Å². The molecule has 0 amide bonds. The molecule has 1 aromatic carbocycles. The first-order valence-corrected chi connectivity index (χ1v) is 9.03. The fourth-order valence-corrected chi connectivity index (χ4v) is 2.54. The Balaban J connectivity index is 1.82. The van der Waals surface area contributed by atoms with Gasteiger partial charge in [0.05, 0.1) is 19.3 Å². The Bertz CT molecular complexity index is 591. The lowest BCUT2D eigenvalue weighted by Crippen LogP contribution is -2.38. The first-order chi connectivity index (χ1) is 13.0. The number of halogens is 3. The summed E-state index contributed by atoms with van der Waals surface area (Å²) in [6, 6.07) is 5.99. The summed E-state index contributed by atoms with van der Waals surface area (Å²) >= 11 is 0. The largest absolute Gasteiger partial charge is 0.573 e. The zero-order valence-corrected chi connectivity index (χ0v) is 15.3. The number of hydrogen-bond donors (Lipinski definition) is 2. The summed E-state index contributed by atoms with van der Waals surface area (Å²) in [5.41, 5.74) is 0.358. The standard InChI is InChI=1S/C18H26F3N3O3/c1-2-22-17(23-9-5-10-26-15-8-11-25-13-15)24-12-14-6-3-4-7-16(14)27-18(19,20)21/h3-4,6-7,15H,2,5,8-13H2,1H3,(H2,22,23,24). The number of nitrogens with one attached hydrogen (secondary N) is 2. The molecule has 0 radical (unpaired) electrons. The van der Waals surface area contributed by atoms with Crippen molar-refractivity contribution in [2.24, 2.45) is 4.99 Å². The summed E-state index contributed by atoms with van der Waals surface area (Å²) < 4.78 is 52.5. The summed E-state index contributed by atoms with van der Waals surface area (Å²) in [6.45, 7) is 5.28. The van der Waals surface area contributed by atoms with Crippen LogP contribution >= 0.6 is 0 Å². The molecule has 152 valence electrons. The summed E-state index contributed by atoms with van der Waals surface area (Å²) in [7, 11) is 0. The molecule has 1 aliphatic heterocycles. The minimum absolute atomic E-state index is 0.0670. The Kier molecular flexibility index (Phi) is 8.66. The highest BCUT2D eigenvalue weighted by molar-refractivity contribution is 5.79. The van der Waals surface area contributed by atoms with Gasteiger partial charge in [0.15, 0.2) is 5.96 Å². The van der Waals surface area contributed by atoms with Crippen LogP contribution in [0.4, 0.5) is 13.2 Å². The van der Waals surface area contributed by atoms with Gasteiger partial charge in [-0.1, -0.05) is 18.2 Å². The van der Waals surface area contributed by atoms with Crippen LogP contribution in [0.25, 0.3) is 0 Å². The van der Waals surface area contributed by atoms with Crippen LogP contribution in [0, 0.1) is 0 Å². The van der Waals surface area contributed by atoms with Crippen LogP contribution in [0.5, 0.6) is 5.75 Å². The van der Waals surface area contributed by atoms with Crippen LogP contribution < -0.4 is 15.4 Å². The van der Waals surface area contributed by atoms with Crippen molar-refractivity contribution in [1.82, 2.24) is 10.6 Å². The molecule has 0 saturated carbocycles. The molecule has 6 nitrogen and oxygen atoms in total. The van der Waals surface area contributed by atoms with Crippen LogP contribution in [0.3, 0.4) is 0 Å². The Labute approximate surface area is 157 Å². The third-order valence-electron chi connectivity index (χ3n) is 3.81. The minimum atomic E-state index is -4.73. The lowest BCUT2D eigenvalue weighted by molar-refractivity contribution is -0.274. The number of aliphatic imine (C=N–C) groups is 1. The molecule has 0 spiro atoms. The lowest BCUT2D eigenvalue weighted by Gasteiger charge is -2.14. The van der Waals surface area contributed by atoms with Crippen molar-refractivity contribution in [3.05, 3.63) is 29.8 Å². The van der Waals surface area contributed by atoms with E-state index in [1.165, 1.54) is 12.1 Å². The third kappa shape index (κ3) is 8.49. The second kappa shape index (κ2) is 11.0. The Morgan fingerprint density at radius 3 is 2.81 bits per heavy atom. The number of guanidine groups is 1. The number of ether oxygens (including phenoxy) is 3. The van der Waals surface area contributed by atoms with E-state index in [4.69, 9.17) is 9.47 Å². The number of alkyl halides is 3. The Morgan fingerprint density at radius 1 is 1.30 bits per heavy atom. The molecule has 1 unspecified atom stereocenters. The van der Waals surface area contributed by atoms with E-state index in [-0.39, 0.29) is 18.4 Å². The van der Waals surface area contributed by atoms with Crippen molar-refractivity contribution in [3.8, 4) is 5.75 Å². The van der Waals surface area contributed by atoms with Crippen LogP contribution in [-0.2, 0) is 16.0 Å². The van der Waals surface area contributed by atoms with E-state index in [9.17, 15) is 13.2 Å². The normalized spacial score (nSPS) is 17.8. The van der Waals surface area contributed by atoms with Gasteiger partial charge >= 0.3 is 6.36 Å². The molecule has 9 heteroatoms. The van der Waals surface area contributed by atoms with Gasteiger partial charge in [0.2, 0.25) is 0 Å². The summed E-state index contributed by atoms with van der Waals surface area (Å²) in [4.78, 5) is 4.34. The summed E-state index contributed by atoms with van der Waals surface area (Å²) in [5, 5.41) is 6.22. The molecule has 1 aromatic rings. The highest BCUT2D eigenvalue weighted by Gasteiger charge is 2.31. The van der Waals surface area contributed by atoms with E-state index in [2.05, 4.69) is 20.4 Å². The van der Waals surface area contributed by atoms with Crippen molar-refractivity contribution in [2.45, 2.75) is 38.8 Å². The monoisotopic (exact) mass is 389 g/mol. The molecular formula is C18H26F3N3O3. The number of para-hydroxylation sites is 1. The molecule has 1 aliphatic rings. The molecular weight excluding hydrogens is 363 g/mol. The summed E-state index contributed by atoms with van der Waals surface area (Å²) in [6.07, 6.45) is -2.84. The van der Waals surface area contributed by atoms with Gasteiger partial charge in [0.1, 0.15) is 5.75 Å². The molecule has 1 atom stereocenters. The predicted octanol–water partition coefficient (Wildman–Crippen LogP) is 2.84. The van der Waals surface area contributed by atoms with Gasteiger partial charge in [0.25, 0.3) is 0 Å². The number of hydrogen-bond acceptors (Lipinski definition) is 4. The summed E-state index contributed by atoms with van der Waals surface area (Å²) in [5.74, 6) is 0.292. The maximum atomic E-state index is 12.5. The third-order valence-corrected chi connectivity index (χ3v) is 3.81. The van der Waals surface area contributed by atoms with Crippen LogP contribution in [0.15, 0.2) is 29.3 Å². The van der Waals surface area contributed by atoms with Crippen molar-refractivity contribution in [2.75, 3.05) is 32.9 Å². The van der Waals surface area contributed by atoms with Gasteiger partial charge in [-0.15, -0.1) is 13.2 Å². The van der Waals surface area contributed by atoms with E-state index in [1.807, 2.05) is 6.92 Å². The van der Waals surface area contributed by atoms with E-state index >= 15 is 0 Å². The average Bonchev–Trinajstić information content (AvgIpc) is 3.12. The van der Waals surface area contributed by atoms with Gasteiger partial charge in [-0.3, -0.25) is 0 Å². The number of benzene rings is 1. The maximum Gasteiger partial charge on any atom is 0.573 e. The second-order valence-corrected chi connectivity index (χ2v) is 5.99. The van der Waals surface area contributed by atoms with Gasteiger partial charge in [-0.2, -0.15) is 0 Å². The maximum absolute atomic E-state index is 12.5. The fourth-order valence-electron chi connectivity index (χ4n) is 2.54. The molecule has 0 aromatic heterocycles. The second-order valence-electron chi connectivity index (χ2n) is 5.99. The molecule has 2 N–H and O–H groups in total. The first kappa shape index (κ1) is 21.3. The topological polar surface area (TPSA) is 64.1 Å². The van der Waals surface area contributed by atoms with Gasteiger partial charge in [0, 0.05) is 31.9 Å². The van der Waals surface area contributed by atoms with E-state index in [1.54, 1.807) is 12.1 Å². The molecule has 0 bridgehead atoms. The molecule has 1 saturated heterocycles. The van der Waals surface area contributed by atoms with Crippen LogP contribution in [0.2, 0.25) is 0 Å². The fraction of sp³-hybridized carbons (Fsp3) is 0.611. The van der Waals surface area contributed by atoms with Gasteiger partial charge < -0.3 is 24.8 Å². The lowest BCUT2D eigenvalue weighted by atomic mass is 10.2. The highest BCUT2D eigenvalue weighted by Crippen LogP contribution is 2.26. The van der Waals surface area contributed by atoms with Crippen molar-refractivity contribution in [1.29, 1.82) is 0 Å². The molecule has 1 heterocycles. The zero-order valence-electron chi connectivity index (χ0n) is 15.3. The minimum Gasteiger partial charge on any atom is -0.405 e. The average molecular weight is 389 g/mol. The number of nitrogens with zero attached hydrogens (tertiary/aromatic N) is 1. The van der Waals surface area contributed by atoms with Gasteiger partial charge in [-0.25, -0.2) is 4.99 Å². The van der Waals surface area contributed by atoms with Crippen LogP contribution in [0.1, 0.15) is 25.3 Å². The Morgan fingerprint density at radius 2 is 2.11 bits per heavy atom. The SMILES string of the molecule is CCNC(=NCc1ccccc1OC(F)(F)F)NCCCOC1CCOC1. The van der Waals surface area contributed by atoms with Crippen molar-refractivity contribution >= 4 is 5.96 Å². The zero-order chi connectivity index (χ0) is 19.5. The molecule has 27 heavy (non-hydrogen) atoms.